The van der Waals surface area contributed by atoms with Crippen LogP contribution in [0.2, 0.25) is 0 Å². The number of hydrogen-bond donors (Lipinski definition) is 0. The lowest BCUT2D eigenvalue weighted by molar-refractivity contribution is 0.301. The van der Waals surface area contributed by atoms with Crippen molar-refractivity contribution in [1.29, 1.82) is 0 Å². The minimum absolute atomic E-state index is 0.0530. The second kappa shape index (κ2) is 23.3. The van der Waals surface area contributed by atoms with Crippen LogP contribution in [0.5, 0.6) is 23.0 Å². The third-order valence-electron chi connectivity index (χ3n) is 13.3. The molecule has 0 N–H and O–H groups in total. The SMILES string of the molecule is CCCOc1c2cc(C(C)(C)C)cc1Cc1cc(C(C)(C)C)cc(c1OCCC)C(CCCCCN=[N+]=[N-])c1cc(C(C)(C)C)cc(c1OCCC)Cc1cc(C(C)(C)C)cc(c1OCCC)C2. The predicted octanol–water partition coefficient (Wildman–Crippen LogP) is 17.1. The van der Waals surface area contributed by atoms with Crippen molar-refractivity contribution >= 4 is 0 Å². The molecular weight excluding hydrogens is 839 g/mol. The highest BCUT2D eigenvalue weighted by Crippen LogP contribution is 2.49. The van der Waals surface area contributed by atoms with Crippen LogP contribution in [0.4, 0.5) is 0 Å². The van der Waals surface area contributed by atoms with Crippen molar-refractivity contribution in [3.8, 4) is 23.0 Å². The number of unbranched alkanes of at least 4 members (excludes halogenated alkanes) is 2. The largest absolute Gasteiger partial charge is 0.493 e. The molecule has 0 spiro atoms. The summed E-state index contributed by atoms with van der Waals surface area (Å²) in [6.45, 7) is 39.7. The first kappa shape index (κ1) is 54.3. The number of rotatable bonds is 18. The van der Waals surface area contributed by atoms with Gasteiger partial charge in [0.15, 0.2) is 0 Å². The molecule has 0 atom stereocenters. The average Bonchev–Trinajstić information content (AvgIpc) is 3.25. The number of azide groups is 1. The fourth-order valence-corrected chi connectivity index (χ4v) is 9.36. The van der Waals surface area contributed by atoms with Gasteiger partial charge < -0.3 is 18.9 Å². The van der Waals surface area contributed by atoms with Gasteiger partial charge in [-0.1, -0.05) is 177 Å². The highest BCUT2D eigenvalue weighted by atomic mass is 16.5. The Kier molecular flexibility index (Phi) is 18.6. The molecule has 372 valence electrons. The first-order chi connectivity index (χ1) is 32.0. The molecule has 1 aliphatic carbocycles. The van der Waals surface area contributed by atoms with Crippen LogP contribution in [0.1, 0.15) is 235 Å². The van der Waals surface area contributed by atoms with Crippen molar-refractivity contribution in [3.63, 3.8) is 0 Å². The standard InChI is InChI=1S/C61H89N3O4/c1-17-26-65-54-41-30-42-34-48(59(8,9)10)36-44(55(42)66-27-18-2)32-46-38-50(61(14,15)16)40-53(57(46)68-29-20-4)51(24-22-21-23-25-63-64-62)52-39-49(60(11,12)13)37-45(56(52)67-28-19-3)31-43(54)35-47(33-41)58(5,6)7/h33-40,51H,17-32H2,1-16H3. The Morgan fingerprint density at radius 2 is 0.735 bits per heavy atom. The van der Waals surface area contributed by atoms with E-state index in [1.165, 1.54) is 66.8 Å². The van der Waals surface area contributed by atoms with E-state index in [-0.39, 0.29) is 27.6 Å². The quantitative estimate of drug-likeness (QED) is 0.0430. The Balaban J connectivity index is 2.08. The first-order valence-electron chi connectivity index (χ1n) is 26.2. The summed E-state index contributed by atoms with van der Waals surface area (Å²) in [7, 11) is 0. The molecule has 0 radical (unpaired) electrons. The van der Waals surface area contributed by atoms with Crippen LogP contribution in [-0.4, -0.2) is 33.0 Å². The van der Waals surface area contributed by atoms with Gasteiger partial charge in [-0.25, -0.2) is 0 Å². The molecule has 4 aromatic carbocycles. The zero-order chi connectivity index (χ0) is 50.0. The molecule has 0 unspecified atom stereocenters. The number of fused-ring (bicyclic) bond motifs is 8. The van der Waals surface area contributed by atoms with Gasteiger partial charge in [0, 0.05) is 47.8 Å². The van der Waals surface area contributed by atoms with E-state index in [2.05, 4.69) is 169 Å². The molecule has 0 aromatic heterocycles. The summed E-state index contributed by atoms with van der Waals surface area (Å²) in [5, 5.41) is 3.90. The molecule has 5 rings (SSSR count). The molecule has 0 amide bonds. The Labute approximate surface area is 413 Å². The number of hydrogen-bond acceptors (Lipinski definition) is 5. The maximum atomic E-state index is 9.12. The van der Waals surface area contributed by atoms with E-state index in [4.69, 9.17) is 24.5 Å². The average molecular weight is 928 g/mol. The zero-order valence-electron chi connectivity index (χ0n) is 45.5. The lowest BCUT2D eigenvalue weighted by Crippen LogP contribution is -2.19. The van der Waals surface area contributed by atoms with E-state index < -0.39 is 0 Å². The smallest absolute Gasteiger partial charge is 0.126 e. The summed E-state index contributed by atoms with van der Waals surface area (Å²) in [6.07, 6.45) is 9.21. The molecular formula is C61H89N3O4. The van der Waals surface area contributed by atoms with Gasteiger partial charge in [0.2, 0.25) is 0 Å². The van der Waals surface area contributed by atoms with Crippen molar-refractivity contribution in [2.45, 2.75) is 209 Å². The zero-order valence-corrected chi connectivity index (χ0v) is 45.5. The van der Waals surface area contributed by atoms with Gasteiger partial charge in [-0.2, -0.15) is 0 Å². The number of benzene rings is 4. The van der Waals surface area contributed by atoms with Crippen molar-refractivity contribution in [3.05, 3.63) is 126 Å². The topological polar surface area (TPSA) is 85.7 Å². The third-order valence-corrected chi connectivity index (χ3v) is 13.3. The maximum Gasteiger partial charge on any atom is 0.126 e. The monoisotopic (exact) mass is 928 g/mol. The van der Waals surface area contributed by atoms with E-state index >= 15 is 0 Å². The van der Waals surface area contributed by atoms with Gasteiger partial charge >= 0.3 is 0 Å². The molecule has 4 aromatic rings. The molecule has 7 nitrogen and oxygen atoms in total. The van der Waals surface area contributed by atoms with Crippen LogP contribution < -0.4 is 18.9 Å². The Bertz CT molecular complexity index is 2210. The van der Waals surface area contributed by atoms with Crippen molar-refractivity contribution in [1.82, 2.24) is 0 Å². The Morgan fingerprint density at radius 1 is 0.441 bits per heavy atom. The fourth-order valence-electron chi connectivity index (χ4n) is 9.36. The van der Waals surface area contributed by atoms with Gasteiger partial charge in [-0.3, -0.25) is 0 Å². The van der Waals surface area contributed by atoms with Gasteiger partial charge in [0.1, 0.15) is 23.0 Å². The molecule has 0 aliphatic heterocycles. The van der Waals surface area contributed by atoms with Crippen molar-refractivity contribution in [2.24, 2.45) is 5.11 Å². The summed E-state index contributed by atoms with van der Waals surface area (Å²) in [5.74, 6) is 3.87. The van der Waals surface area contributed by atoms with Crippen LogP contribution in [-0.2, 0) is 40.9 Å². The minimum atomic E-state index is -0.143. The van der Waals surface area contributed by atoms with Crippen LogP contribution >= 0.6 is 0 Å². The molecule has 0 saturated carbocycles. The summed E-state index contributed by atoms with van der Waals surface area (Å²) in [4.78, 5) is 3.06. The molecule has 68 heavy (non-hydrogen) atoms. The maximum absolute atomic E-state index is 9.12. The lowest BCUT2D eigenvalue weighted by Gasteiger charge is -2.32. The van der Waals surface area contributed by atoms with Crippen LogP contribution in [0.25, 0.3) is 10.4 Å². The second-order valence-corrected chi connectivity index (χ2v) is 23.6. The highest BCUT2D eigenvalue weighted by molar-refractivity contribution is 5.61. The Morgan fingerprint density at radius 3 is 1.03 bits per heavy atom. The Hall–Kier alpha value is -4.61. The number of ether oxygens (including phenoxy) is 4. The normalized spacial score (nSPS) is 13.5. The van der Waals surface area contributed by atoms with E-state index in [1.807, 2.05) is 0 Å². The van der Waals surface area contributed by atoms with E-state index in [0.29, 0.717) is 52.2 Å². The van der Waals surface area contributed by atoms with Crippen LogP contribution in [0.3, 0.4) is 0 Å². The van der Waals surface area contributed by atoms with Gasteiger partial charge in [-0.15, -0.1) is 0 Å². The van der Waals surface area contributed by atoms with E-state index in [1.54, 1.807) is 0 Å². The molecule has 0 saturated heterocycles. The van der Waals surface area contributed by atoms with Crippen LogP contribution in [0, 0.1) is 0 Å². The molecule has 0 fully saturated rings. The summed E-state index contributed by atoms with van der Waals surface area (Å²) in [5.41, 5.74) is 23.3. The molecule has 1 aliphatic rings. The van der Waals surface area contributed by atoms with Gasteiger partial charge in [-0.05, 0) is 121 Å². The van der Waals surface area contributed by atoms with E-state index in [0.717, 1.165) is 74.4 Å². The van der Waals surface area contributed by atoms with E-state index in [9.17, 15) is 0 Å². The summed E-state index contributed by atoms with van der Waals surface area (Å²) in [6, 6.07) is 19.5. The lowest BCUT2D eigenvalue weighted by atomic mass is 9.75. The van der Waals surface area contributed by atoms with Gasteiger partial charge in [0.25, 0.3) is 0 Å². The molecule has 7 heteroatoms. The minimum Gasteiger partial charge on any atom is -0.493 e. The third kappa shape index (κ3) is 13.8. The highest BCUT2D eigenvalue weighted by Gasteiger charge is 2.33. The first-order valence-corrected chi connectivity index (χ1v) is 26.2. The summed E-state index contributed by atoms with van der Waals surface area (Å²) < 4.78 is 28.4. The summed E-state index contributed by atoms with van der Waals surface area (Å²) >= 11 is 0. The van der Waals surface area contributed by atoms with Crippen molar-refractivity contribution < 1.29 is 18.9 Å². The van der Waals surface area contributed by atoms with Crippen LogP contribution in [0.15, 0.2) is 53.6 Å². The second-order valence-electron chi connectivity index (χ2n) is 23.6. The fraction of sp³-hybridized carbons (Fsp3) is 0.607. The van der Waals surface area contributed by atoms with Gasteiger partial charge in [0.05, 0.1) is 26.4 Å². The van der Waals surface area contributed by atoms with Crippen molar-refractivity contribution in [2.75, 3.05) is 33.0 Å². The molecule has 0 heterocycles. The predicted molar refractivity (Wildman–Crippen MR) is 286 cm³/mol. The molecule has 8 bridgehead atoms. The number of nitrogens with zero attached hydrogens (tertiary/aromatic N) is 3.